The van der Waals surface area contributed by atoms with E-state index in [2.05, 4.69) is 4.98 Å². The molecule has 1 aromatic carbocycles. The highest BCUT2D eigenvalue weighted by Gasteiger charge is 2.03. The molecule has 0 spiro atoms. The molecular formula is C12H11FN2O. The third kappa shape index (κ3) is 2.35. The third-order valence-electron chi connectivity index (χ3n) is 2.08. The summed E-state index contributed by atoms with van der Waals surface area (Å²) < 4.78 is 18.2. The van der Waals surface area contributed by atoms with E-state index in [-0.39, 0.29) is 5.82 Å². The van der Waals surface area contributed by atoms with Crippen molar-refractivity contribution in [3.8, 4) is 11.5 Å². The lowest BCUT2D eigenvalue weighted by Gasteiger charge is -2.08. The van der Waals surface area contributed by atoms with Gasteiger partial charge in [-0.15, -0.1) is 0 Å². The maximum absolute atomic E-state index is 12.7. The lowest BCUT2D eigenvalue weighted by molar-refractivity contribution is 0.471. The van der Waals surface area contributed by atoms with E-state index in [0.29, 0.717) is 23.7 Å². The minimum Gasteiger partial charge on any atom is -0.455 e. The van der Waals surface area contributed by atoms with Gasteiger partial charge in [0.05, 0.1) is 5.69 Å². The van der Waals surface area contributed by atoms with Crippen LogP contribution < -0.4 is 10.5 Å². The lowest BCUT2D eigenvalue weighted by Crippen LogP contribution is -2.01. The molecule has 0 unspecified atom stereocenters. The molecule has 3 nitrogen and oxygen atoms in total. The Morgan fingerprint density at radius 1 is 1.19 bits per heavy atom. The molecule has 1 aromatic heterocycles. The van der Waals surface area contributed by atoms with E-state index in [1.54, 1.807) is 30.5 Å². The van der Waals surface area contributed by atoms with E-state index in [9.17, 15) is 4.39 Å². The molecule has 0 aliphatic rings. The van der Waals surface area contributed by atoms with Crippen molar-refractivity contribution in [2.45, 2.75) is 6.54 Å². The van der Waals surface area contributed by atoms with Crippen molar-refractivity contribution in [3.05, 3.63) is 54.1 Å². The van der Waals surface area contributed by atoms with Crippen molar-refractivity contribution < 1.29 is 9.13 Å². The summed E-state index contributed by atoms with van der Waals surface area (Å²) in [7, 11) is 0. The molecule has 0 bridgehead atoms. The molecule has 2 rings (SSSR count). The quantitative estimate of drug-likeness (QED) is 0.860. The van der Waals surface area contributed by atoms with Crippen molar-refractivity contribution in [1.29, 1.82) is 0 Å². The van der Waals surface area contributed by atoms with Crippen LogP contribution in [0, 0.1) is 5.82 Å². The number of ether oxygens (including phenoxy) is 1. The monoisotopic (exact) mass is 218 g/mol. The molecule has 0 amide bonds. The van der Waals surface area contributed by atoms with Crippen molar-refractivity contribution in [3.63, 3.8) is 0 Å². The zero-order valence-corrected chi connectivity index (χ0v) is 8.56. The van der Waals surface area contributed by atoms with Gasteiger partial charge in [0.1, 0.15) is 17.3 Å². The van der Waals surface area contributed by atoms with Gasteiger partial charge in [-0.2, -0.15) is 0 Å². The molecule has 0 radical (unpaired) electrons. The molecule has 0 saturated carbocycles. The molecule has 16 heavy (non-hydrogen) atoms. The Labute approximate surface area is 92.7 Å². The Bertz CT molecular complexity index is 471. The van der Waals surface area contributed by atoms with Gasteiger partial charge in [0.2, 0.25) is 0 Å². The van der Waals surface area contributed by atoms with Crippen LogP contribution in [0.25, 0.3) is 0 Å². The summed E-state index contributed by atoms with van der Waals surface area (Å²) in [5, 5.41) is 0. The second-order valence-corrected chi connectivity index (χ2v) is 3.21. The van der Waals surface area contributed by atoms with Gasteiger partial charge >= 0.3 is 0 Å². The standard InChI is InChI=1S/C12H11FN2O/c13-9-3-5-10(6-4-9)16-12-2-1-7-15-11(12)8-14/h1-7H,8,14H2. The molecule has 2 aromatic rings. The minimum absolute atomic E-state index is 0.294. The first-order valence-electron chi connectivity index (χ1n) is 4.87. The third-order valence-corrected chi connectivity index (χ3v) is 2.08. The molecule has 2 N–H and O–H groups in total. The van der Waals surface area contributed by atoms with Crippen molar-refractivity contribution >= 4 is 0 Å². The number of pyridine rings is 1. The zero-order valence-electron chi connectivity index (χ0n) is 8.56. The predicted molar refractivity (Wildman–Crippen MR) is 58.6 cm³/mol. The average molecular weight is 218 g/mol. The van der Waals surface area contributed by atoms with Gasteiger partial charge < -0.3 is 10.5 Å². The summed E-state index contributed by atoms with van der Waals surface area (Å²) in [6.45, 7) is 0.303. The van der Waals surface area contributed by atoms with E-state index in [1.807, 2.05) is 0 Å². The van der Waals surface area contributed by atoms with E-state index in [4.69, 9.17) is 10.5 Å². The summed E-state index contributed by atoms with van der Waals surface area (Å²) in [6, 6.07) is 9.34. The van der Waals surface area contributed by atoms with Crippen molar-refractivity contribution in [2.24, 2.45) is 5.73 Å². The van der Waals surface area contributed by atoms with Gasteiger partial charge in [0, 0.05) is 12.7 Å². The van der Waals surface area contributed by atoms with Crippen LogP contribution in [0.2, 0.25) is 0 Å². The molecule has 0 aliphatic carbocycles. The molecule has 0 fully saturated rings. The van der Waals surface area contributed by atoms with E-state index in [0.717, 1.165) is 0 Å². The van der Waals surface area contributed by atoms with Crippen LogP contribution in [-0.2, 0) is 6.54 Å². The number of aromatic nitrogens is 1. The Balaban J connectivity index is 2.23. The van der Waals surface area contributed by atoms with Gasteiger partial charge in [0.25, 0.3) is 0 Å². The molecular weight excluding hydrogens is 207 g/mol. The Hall–Kier alpha value is -1.94. The van der Waals surface area contributed by atoms with E-state index >= 15 is 0 Å². The second-order valence-electron chi connectivity index (χ2n) is 3.21. The number of hydrogen-bond donors (Lipinski definition) is 1. The van der Waals surface area contributed by atoms with Crippen LogP contribution in [0.15, 0.2) is 42.6 Å². The highest BCUT2D eigenvalue weighted by atomic mass is 19.1. The maximum atomic E-state index is 12.7. The zero-order chi connectivity index (χ0) is 11.4. The van der Waals surface area contributed by atoms with E-state index < -0.39 is 0 Å². The Morgan fingerprint density at radius 3 is 2.62 bits per heavy atom. The Morgan fingerprint density at radius 2 is 1.94 bits per heavy atom. The van der Waals surface area contributed by atoms with E-state index in [1.165, 1.54) is 12.1 Å². The number of nitrogens with two attached hydrogens (primary N) is 1. The summed E-state index contributed by atoms with van der Waals surface area (Å²) in [6.07, 6.45) is 1.65. The van der Waals surface area contributed by atoms with Crippen LogP contribution in [0.3, 0.4) is 0 Å². The van der Waals surface area contributed by atoms with Crippen LogP contribution in [-0.4, -0.2) is 4.98 Å². The summed E-state index contributed by atoms with van der Waals surface area (Å²) >= 11 is 0. The van der Waals surface area contributed by atoms with Crippen LogP contribution in [0.5, 0.6) is 11.5 Å². The van der Waals surface area contributed by atoms with Gasteiger partial charge in [-0.1, -0.05) is 0 Å². The normalized spacial score (nSPS) is 10.1. The molecule has 1 heterocycles. The van der Waals surface area contributed by atoms with Crippen molar-refractivity contribution in [1.82, 2.24) is 4.98 Å². The molecule has 0 atom stereocenters. The fourth-order valence-corrected chi connectivity index (χ4v) is 1.30. The predicted octanol–water partition coefficient (Wildman–Crippen LogP) is 2.47. The number of nitrogens with zero attached hydrogens (tertiary/aromatic N) is 1. The number of benzene rings is 1. The van der Waals surface area contributed by atoms with Gasteiger partial charge in [-0.05, 0) is 36.4 Å². The SMILES string of the molecule is NCc1ncccc1Oc1ccc(F)cc1. The maximum Gasteiger partial charge on any atom is 0.150 e. The number of halogens is 1. The summed E-state index contributed by atoms with van der Waals surface area (Å²) in [5.41, 5.74) is 6.20. The largest absolute Gasteiger partial charge is 0.455 e. The van der Waals surface area contributed by atoms with Gasteiger partial charge in [-0.25, -0.2) is 4.39 Å². The fraction of sp³-hybridized carbons (Fsp3) is 0.0833. The molecule has 0 aliphatic heterocycles. The molecule has 82 valence electrons. The lowest BCUT2D eigenvalue weighted by atomic mass is 10.3. The highest BCUT2D eigenvalue weighted by Crippen LogP contribution is 2.23. The fourth-order valence-electron chi connectivity index (χ4n) is 1.30. The van der Waals surface area contributed by atoms with Gasteiger partial charge in [-0.3, -0.25) is 4.98 Å². The molecule has 4 heteroatoms. The van der Waals surface area contributed by atoms with Crippen LogP contribution in [0.4, 0.5) is 4.39 Å². The topological polar surface area (TPSA) is 48.1 Å². The first-order valence-corrected chi connectivity index (χ1v) is 4.87. The van der Waals surface area contributed by atoms with Gasteiger partial charge in [0.15, 0.2) is 0 Å². The van der Waals surface area contributed by atoms with Crippen LogP contribution >= 0.6 is 0 Å². The Kier molecular flexibility index (Phi) is 3.12. The highest BCUT2D eigenvalue weighted by molar-refractivity contribution is 5.33. The number of hydrogen-bond acceptors (Lipinski definition) is 3. The van der Waals surface area contributed by atoms with Crippen molar-refractivity contribution in [2.75, 3.05) is 0 Å². The number of rotatable bonds is 3. The van der Waals surface area contributed by atoms with Crippen LogP contribution in [0.1, 0.15) is 5.69 Å². The average Bonchev–Trinajstić information content (AvgIpc) is 2.33. The first-order chi connectivity index (χ1) is 7.79. The first kappa shape index (κ1) is 10.6. The second kappa shape index (κ2) is 4.72. The summed E-state index contributed by atoms with van der Waals surface area (Å²) in [5.74, 6) is 0.860. The minimum atomic E-state index is -0.294. The molecule has 0 saturated heterocycles. The summed E-state index contributed by atoms with van der Waals surface area (Å²) in [4.78, 5) is 4.09. The smallest absolute Gasteiger partial charge is 0.150 e.